The van der Waals surface area contributed by atoms with Crippen LogP contribution in [0.3, 0.4) is 0 Å². The zero-order valence-electron chi connectivity index (χ0n) is 13.8. The van der Waals surface area contributed by atoms with Gasteiger partial charge in [-0.1, -0.05) is 41.4 Å². The van der Waals surface area contributed by atoms with Gasteiger partial charge in [0.1, 0.15) is 0 Å². The van der Waals surface area contributed by atoms with Crippen LogP contribution >= 0.6 is 23.2 Å². The number of hydrogen-bond donors (Lipinski definition) is 0. The number of ketones is 1. The van der Waals surface area contributed by atoms with E-state index in [1.165, 1.54) is 23.0 Å². The van der Waals surface area contributed by atoms with E-state index in [1.807, 2.05) is 0 Å². The summed E-state index contributed by atoms with van der Waals surface area (Å²) < 4.78 is 40.9. The highest BCUT2D eigenvalue weighted by Crippen LogP contribution is 2.34. The molecule has 27 heavy (non-hydrogen) atoms. The number of aromatic nitrogens is 2. The molecule has 0 amide bonds. The predicted octanol–water partition coefficient (Wildman–Crippen LogP) is 5.68. The minimum atomic E-state index is -4.52. The largest absolute Gasteiger partial charge is 0.416 e. The Hall–Kier alpha value is -2.31. The van der Waals surface area contributed by atoms with Gasteiger partial charge in [-0.25, -0.2) is 0 Å². The van der Waals surface area contributed by atoms with Crippen LogP contribution in [0.25, 0.3) is 0 Å². The van der Waals surface area contributed by atoms with Crippen molar-refractivity contribution < 1.29 is 18.0 Å². The molecule has 0 radical (unpaired) electrons. The molecular weight excluding hydrogens is 400 g/mol. The molecule has 0 saturated heterocycles. The van der Waals surface area contributed by atoms with Gasteiger partial charge in [-0.15, -0.1) is 0 Å². The maximum atomic E-state index is 13.2. The Labute approximate surface area is 163 Å². The van der Waals surface area contributed by atoms with E-state index in [0.717, 1.165) is 6.07 Å². The van der Waals surface area contributed by atoms with Crippen molar-refractivity contribution in [2.45, 2.75) is 19.1 Å². The Morgan fingerprint density at radius 2 is 1.81 bits per heavy atom. The number of alkyl halides is 3. The third-order valence-corrected chi connectivity index (χ3v) is 4.49. The summed E-state index contributed by atoms with van der Waals surface area (Å²) in [6.07, 6.45) is -2.98. The molecular formula is C19H13Cl2F3N2O. The van der Waals surface area contributed by atoms with Gasteiger partial charge in [-0.2, -0.15) is 18.3 Å². The van der Waals surface area contributed by atoms with Gasteiger partial charge in [-0.3, -0.25) is 9.48 Å². The molecule has 2 aromatic carbocycles. The highest BCUT2D eigenvalue weighted by Gasteiger charge is 2.33. The SMILES string of the molecule is O=C(Cc1ccn(Cc2ccc(Cl)cc2C(F)(F)F)n1)c1ccccc1Cl. The first-order valence-corrected chi connectivity index (χ1v) is 8.65. The van der Waals surface area contributed by atoms with Crippen molar-refractivity contribution in [2.24, 2.45) is 0 Å². The predicted molar refractivity (Wildman–Crippen MR) is 97.3 cm³/mol. The molecule has 3 rings (SSSR count). The Morgan fingerprint density at radius 1 is 1.07 bits per heavy atom. The van der Waals surface area contributed by atoms with Gasteiger partial charge in [0.15, 0.2) is 5.78 Å². The van der Waals surface area contributed by atoms with Crippen LogP contribution in [-0.2, 0) is 19.1 Å². The van der Waals surface area contributed by atoms with Crippen LogP contribution in [0.15, 0.2) is 54.7 Å². The fourth-order valence-electron chi connectivity index (χ4n) is 2.66. The standard InChI is InChI=1S/C19H13Cl2F3N2O/c20-13-6-5-12(16(9-13)19(22,23)24)11-26-8-7-14(25-26)10-18(27)15-3-1-2-4-17(15)21/h1-9H,10-11H2. The molecule has 3 nitrogen and oxygen atoms in total. The lowest BCUT2D eigenvalue weighted by molar-refractivity contribution is -0.138. The van der Waals surface area contributed by atoms with E-state index in [4.69, 9.17) is 23.2 Å². The summed E-state index contributed by atoms with van der Waals surface area (Å²) in [6.45, 7) is -0.0910. The maximum absolute atomic E-state index is 13.2. The van der Waals surface area contributed by atoms with Crippen LogP contribution in [0.4, 0.5) is 13.2 Å². The van der Waals surface area contributed by atoms with Crippen molar-refractivity contribution in [1.29, 1.82) is 0 Å². The smallest absolute Gasteiger partial charge is 0.294 e. The summed E-state index contributed by atoms with van der Waals surface area (Å²) in [5, 5.41) is 4.56. The Morgan fingerprint density at radius 3 is 2.52 bits per heavy atom. The highest BCUT2D eigenvalue weighted by molar-refractivity contribution is 6.34. The number of rotatable bonds is 5. The van der Waals surface area contributed by atoms with Crippen LogP contribution in [0.5, 0.6) is 0 Å². The molecule has 0 N–H and O–H groups in total. The highest BCUT2D eigenvalue weighted by atomic mass is 35.5. The quantitative estimate of drug-likeness (QED) is 0.505. The number of benzene rings is 2. The lowest BCUT2D eigenvalue weighted by Crippen LogP contribution is -2.12. The van der Waals surface area contributed by atoms with Gasteiger partial charge in [0, 0.05) is 16.8 Å². The van der Waals surface area contributed by atoms with E-state index in [9.17, 15) is 18.0 Å². The topological polar surface area (TPSA) is 34.9 Å². The van der Waals surface area contributed by atoms with Gasteiger partial charge in [0.25, 0.3) is 0 Å². The molecule has 0 bridgehead atoms. The summed E-state index contributed by atoms with van der Waals surface area (Å²) in [4.78, 5) is 12.3. The fourth-order valence-corrected chi connectivity index (χ4v) is 3.07. The summed E-state index contributed by atoms with van der Waals surface area (Å²) in [6, 6.07) is 11.9. The van der Waals surface area contributed by atoms with Gasteiger partial charge in [0.2, 0.25) is 0 Å². The molecule has 3 aromatic rings. The molecule has 0 atom stereocenters. The Kier molecular flexibility index (Phi) is 5.58. The maximum Gasteiger partial charge on any atom is 0.416 e. The average molecular weight is 413 g/mol. The molecule has 0 aliphatic carbocycles. The zero-order valence-corrected chi connectivity index (χ0v) is 15.3. The first-order chi connectivity index (χ1) is 12.7. The third-order valence-electron chi connectivity index (χ3n) is 3.92. The summed E-state index contributed by atoms with van der Waals surface area (Å²) >= 11 is 11.7. The van der Waals surface area contributed by atoms with Gasteiger partial charge in [-0.05, 0) is 35.9 Å². The second kappa shape index (κ2) is 7.74. The van der Waals surface area contributed by atoms with E-state index >= 15 is 0 Å². The molecule has 0 fully saturated rings. The second-order valence-electron chi connectivity index (χ2n) is 5.88. The van der Waals surface area contributed by atoms with E-state index in [2.05, 4.69) is 5.10 Å². The molecule has 0 saturated carbocycles. The average Bonchev–Trinajstić information content (AvgIpc) is 3.03. The summed E-state index contributed by atoms with van der Waals surface area (Å²) in [5.41, 5.74) is 0.0615. The van der Waals surface area contributed by atoms with Crippen molar-refractivity contribution in [3.63, 3.8) is 0 Å². The van der Waals surface area contributed by atoms with Crippen LogP contribution < -0.4 is 0 Å². The number of carbonyl (C=O) groups is 1. The van der Waals surface area contributed by atoms with Crippen LogP contribution in [0.2, 0.25) is 10.0 Å². The summed E-state index contributed by atoms with van der Waals surface area (Å²) in [7, 11) is 0. The van der Waals surface area contributed by atoms with Crippen molar-refractivity contribution in [3.8, 4) is 0 Å². The minimum Gasteiger partial charge on any atom is -0.294 e. The number of nitrogens with zero attached hydrogens (tertiary/aromatic N) is 2. The molecule has 1 aromatic heterocycles. The molecule has 0 spiro atoms. The van der Waals surface area contributed by atoms with Crippen molar-refractivity contribution in [3.05, 3.63) is 87.2 Å². The normalized spacial score (nSPS) is 11.6. The molecule has 0 unspecified atom stereocenters. The molecule has 8 heteroatoms. The van der Waals surface area contributed by atoms with Crippen LogP contribution in [0, 0.1) is 0 Å². The Bertz CT molecular complexity index is 983. The lowest BCUT2D eigenvalue weighted by Gasteiger charge is -2.13. The van der Waals surface area contributed by atoms with Crippen LogP contribution in [0.1, 0.15) is 27.2 Å². The van der Waals surface area contributed by atoms with Crippen molar-refractivity contribution in [2.75, 3.05) is 0 Å². The number of hydrogen-bond acceptors (Lipinski definition) is 2. The minimum absolute atomic E-state index is 0.00345. The monoisotopic (exact) mass is 412 g/mol. The number of carbonyl (C=O) groups excluding carboxylic acids is 1. The molecule has 0 aliphatic rings. The number of halogens is 5. The zero-order chi connectivity index (χ0) is 19.6. The fraction of sp³-hybridized carbons (Fsp3) is 0.158. The molecule has 1 heterocycles. The number of Topliss-reactive ketones (excluding diaryl/α,β-unsaturated/α-hetero) is 1. The van der Waals surface area contributed by atoms with Gasteiger partial charge in [0.05, 0.1) is 29.2 Å². The van der Waals surface area contributed by atoms with E-state index in [1.54, 1.807) is 30.3 Å². The molecule has 0 aliphatic heterocycles. The van der Waals surface area contributed by atoms with Crippen LogP contribution in [-0.4, -0.2) is 15.6 Å². The first-order valence-electron chi connectivity index (χ1n) is 7.90. The van der Waals surface area contributed by atoms with Crippen molar-refractivity contribution in [1.82, 2.24) is 9.78 Å². The Balaban J connectivity index is 1.78. The third kappa shape index (κ3) is 4.70. The van der Waals surface area contributed by atoms with E-state index in [-0.39, 0.29) is 29.3 Å². The van der Waals surface area contributed by atoms with Gasteiger partial charge >= 0.3 is 6.18 Å². The van der Waals surface area contributed by atoms with Gasteiger partial charge < -0.3 is 0 Å². The second-order valence-corrected chi connectivity index (χ2v) is 6.73. The lowest BCUT2D eigenvalue weighted by atomic mass is 10.1. The van der Waals surface area contributed by atoms with Crippen molar-refractivity contribution >= 4 is 29.0 Å². The summed E-state index contributed by atoms with van der Waals surface area (Å²) in [5.74, 6) is -0.215. The van der Waals surface area contributed by atoms with E-state index < -0.39 is 11.7 Å². The first kappa shape index (κ1) is 19.5. The van der Waals surface area contributed by atoms with E-state index in [0.29, 0.717) is 16.3 Å². The molecule has 140 valence electrons.